The van der Waals surface area contributed by atoms with Gasteiger partial charge in [0.25, 0.3) is 0 Å². The van der Waals surface area contributed by atoms with Gasteiger partial charge in [-0.1, -0.05) is 79.0 Å². The van der Waals surface area contributed by atoms with Crippen molar-refractivity contribution in [3.05, 3.63) is 97.1 Å². The number of hydrogen-bond acceptors (Lipinski definition) is 2. The van der Waals surface area contributed by atoms with E-state index >= 15 is 0 Å². The monoisotopic (exact) mass is 502 g/mol. The summed E-state index contributed by atoms with van der Waals surface area (Å²) in [5.74, 6) is 0. The molecule has 0 spiro atoms. The molecule has 33 heavy (non-hydrogen) atoms. The number of fused-ring (bicyclic) bond motifs is 4. The Morgan fingerprint density at radius 2 is 0.879 bits per heavy atom. The van der Waals surface area contributed by atoms with Crippen molar-refractivity contribution < 1.29 is 0 Å². The molecule has 2 aliphatic heterocycles. The van der Waals surface area contributed by atoms with Crippen molar-refractivity contribution in [2.45, 2.75) is 69.9 Å². The normalized spacial score (nSPS) is 16.8. The number of benzene rings is 4. The summed E-state index contributed by atoms with van der Waals surface area (Å²) in [6, 6.07) is 36.5. The quantitative estimate of drug-likeness (QED) is 0.256. The van der Waals surface area contributed by atoms with Gasteiger partial charge in [-0.3, -0.25) is 0 Å². The van der Waals surface area contributed by atoms with Crippen LogP contribution in [0.2, 0.25) is 0 Å². The van der Waals surface area contributed by atoms with Crippen LogP contribution in [0.4, 0.5) is 0 Å². The lowest BCUT2D eigenvalue weighted by Gasteiger charge is -2.29. The molecule has 0 unspecified atom stereocenters. The topological polar surface area (TPSA) is 0 Å². The summed E-state index contributed by atoms with van der Waals surface area (Å²) in [6.07, 6.45) is 1.18. The van der Waals surface area contributed by atoms with Gasteiger partial charge in [0.2, 0.25) is 0 Å². The van der Waals surface area contributed by atoms with Crippen LogP contribution in [0.1, 0.15) is 20.3 Å². The Balaban J connectivity index is 1.50. The summed E-state index contributed by atoms with van der Waals surface area (Å²) in [4.78, 5) is 11.9. The van der Waals surface area contributed by atoms with Crippen LogP contribution in [0.25, 0.3) is 0 Å². The van der Waals surface area contributed by atoms with E-state index in [1.165, 1.54) is 45.6 Å². The predicted molar refractivity (Wildman–Crippen MR) is 145 cm³/mol. The molecule has 0 radical (unpaired) electrons. The zero-order valence-corrected chi connectivity index (χ0v) is 22.0. The molecule has 0 aromatic heterocycles. The fourth-order valence-corrected chi connectivity index (χ4v) is 14.1. The highest BCUT2D eigenvalue weighted by Gasteiger charge is 2.52. The third-order valence-electron chi connectivity index (χ3n) is 6.38. The van der Waals surface area contributed by atoms with Crippen molar-refractivity contribution in [3.8, 4) is 0 Å². The van der Waals surface area contributed by atoms with Gasteiger partial charge >= 0.3 is 0 Å². The van der Waals surface area contributed by atoms with Crippen LogP contribution in [0, 0.1) is 0 Å². The lowest BCUT2D eigenvalue weighted by atomic mass is 10.2. The molecule has 4 heteroatoms. The lowest BCUT2D eigenvalue weighted by Crippen LogP contribution is -2.39. The predicted octanol–water partition coefficient (Wildman–Crippen LogP) is 8.56. The van der Waals surface area contributed by atoms with E-state index in [-0.39, 0.29) is 21.8 Å². The highest BCUT2D eigenvalue weighted by atomic mass is 32.2. The van der Waals surface area contributed by atoms with E-state index < -0.39 is 0 Å². The Kier molecular flexibility index (Phi) is 6.04. The van der Waals surface area contributed by atoms with Crippen LogP contribution in [0.15, 0.2) is 136 Å². The van der Waals surface area contributed by atoms with Gasteiger partial charge in [0, 0.05) is 0 Å². The molecule has 0 amide bonds. The minimum atomic E-state index is 0.0548. The van der Waals surface area contributed by atoms with E-state index in [1.807, 2.05) is 23.5 Å². The van der Waals surface area contributed by atoms with Crippen molar-refractivity contribution in [2.75, 3.05) is 0 Å². The van der Waals surface area contributed by atoms with Crippen LogP contribution < -0.4 is 0 Å². The fourth-order valence-electron chi connectivity index (χ4n) is 4.91. The van der Waals surface area contributed by atoms with Crippen molar-refractivity contribution in [2.24, 2.45) is 0 Å². The van der Waals surface area contributed by atoms with Crippen LogP contribution >= 0.6 is 23.5 Å². The van der Waals surface area contributed by atoms with E-state index in [1.54, 1.807) is 0 Å². The zero-order chi connectivity index (χ0) is 22.4. The Labute approximate surface area is 211 Å². The Morgan fingerprint density at radius 3 is 1.24 bits per heavy atom. The maximum atomic E-state index is 2.53. The number of rotatable bonds is 4. The second-order valence-electron chi connectivity index (χ2n) is 8.32. The first-order chi connectivity index (χ1) is 16.3. The van der Waals surface area contributed by atoms with Gasteiger partial charge in [0.1, 0.15) is 0 Å². The Hall–Kier alpha value is -1.72. The van der Waals surface area contributed by atoms with Gasteiger partial charge in [0.05, 0.1) is 41.4 Å². The Bertz CT molecular complexity index is 1220. The van der Waals surface area contributed by atoms with Crippen molar-refractivity contribution in [1.29, 1.82) is 0 Å². The van der Waals surface area contributed by atoms with Crippen LogP contribution in [-0.2, 0) is 21.8 Å². The van der Waals surface area contributed by atoms with E-state index in [9.17, 15) is 0 Å². The molecular weight excluding hydrogens is 477 g/mol. The highest BCUT2D eigenvalue weighted by Crippen LogP contribution is 2.52. The minimum absolute atomic E-state index is 0.0548. The van der Waals surface area contributed by atoms with Gasteiger partial charge in [-0.15, -0.1) is 0 Å². The summed E-state index contributed by atoms with van der Waals surface area (Å²) < 4.78 is 0. The maximum Gasteiger partial charge on any atom is 0.176 e. The highest BCUT2D eigenvalue weighted by molar-refractivity contribution is 8.06. The first kappa shape index (κ1) is 21.8. The molecule has 0 saturated carbocycles. The molecule has 2 aliphatic rings. The molecule has 4 aromatic rings. The van der Waals surface area contributed by atoms with Gasteiger partial charge in [-0.05, 0) is 61.9 Å². The molecule has 164 valence electrons. The van der Waals surface area contributed by atoms with E-state index in [0.29, 0.717) is 10.5 Å². The van der Waals surface area contributed by atoms with Gasteiger partial charge in [-0.2, -0.15) is 0 Å². The van der Waals surface area contributed by atoms with Gasteiger partial charge in [0.15, 0.2) is 30.1 Å². The smallest absolute Gasteiger partial charge is 0.0795 e. The molecule has 0 saturated heterocycles. The molecule has 2 heterocycles. The molecule has 2 atom stereocenters. The first-order valence-electron chi connectivity index (χ1n) is 11.4. The van der Waals surface area contributed by atoms with Gasteiger partial charge < -0.3 is 0 Å². The summed E-state index contributed by atoms with van der Waals surface area (Å²) in [7, 11) is 0.116. The third kappa shape index (κ3) is 3.76. The van der Waals surface area contributed by atoms with Crippen LogP contribution in [0.5, 0.6) is 0 Å². The molecule has 0 bridgehead atoms. The summed E-state index contributed by atoms with van der Waals surface area (Å²) in [6.45, 7) is 4.93. The summed E-state index contributed by atoms with van der Waals surface area (Å²) >= 11 is 3.89. The fraction of sp³-hybridized carbons (Fsp3) is 0.172. The van der Waals surface area contributed by atoms with Crippen LogP contribution in [0.3, 0.4) is 0 Å². The lowest BCUT2D eigenvalue weighted by molar-refractivity contribution is 0.781. The maximum absolute atomic E-state index is 2.53. The van der Waals surface area contributed by atoms with Crippen molar-refractivity contribution in [3.63, 3.8) is 0 Å². The largest absolute Gasteiger partial charge is 0.176 e. The van der Waals surface area contributed by atoms with Crippen LogP contribution in [-0.4, -0.2) is 10.5 Å². The third-order valence-corrected chi connectivity index (χ3v) is 15.1. The SMILES string of the molecule is CC[C@H]([C@H](C)[S+]1c2ccccc2Sc2ccccc21)[S+]1c2ccccc2Sc2ccccc21. The molecule has 0 fully saturated rings. The summed E-state index contributed by atoms with van der Waals surface area (Å²) in [5, 5.41) is 1.13. The average Bonchev–Trinajstić information content (AvgIpc) is 2.87. The minimum Gasteiger partial charge on any atom is -0.0795 e. The second kappa shape index (κ2) is 9.14. The molecule has 0 N–H and O–H groups in total. The average molecular weight is 503 g/mol. The number of hydrogen-bond donors (Lipinski definition) is 0. The first-order valence-corrected chi connectivity index (χ1v) is 15.6. The molecule has 4 aromatic carbocycles. The second-order valence-corrected chi connectivity index (χ2v) is 14.9. The standard InChI is InChI=1S/C29H26S4/c1-3-25(33-28-18-10-6-14-23(28)31-24-15-7-11-19-29(24)33)20(2)32-26-16-8-4-12-21(26)30-22-13-5-9-17-27(22)32/h4-20,25H,3H2,1-2H3/q+2/t20-,25+/m0/s1. The molecule has 0 nitrogen and oxygen atoms in total. The van der Waals surface area contributed by atoms with E-state index in [0.717, 1.165) is 0 Å². The van der Waals surface area contributed by atoms with Crippen molar-refractivity contribution >= 4 is 45.3 Å². The van der Waals surface area contributed by atoms with E-state index in [4.69, 9.17) is 0 Å². The van der Waals surface area contributed by atoms with E-state index in [2.05, 4.69) is 111 Å². The van der Waals surface area contributed by atoms with Gasteiger partial charge in [-0.25, -0.2) is 0 Å². The summed E-state index contributed by atoms with van der Waals surface area (Å²) in [5.41, 5.74) is 0. The molecule has 0 aliphatic carbocycles. The Morgan fingerprint density at radius 1 is 0.545 bits per heavy atom. The zero-order valence-electron chi connectivity index (χ0n) is 18.7. The molecular formula is C29H26S4+2. The molecule has 6 rings (SSSR count). The van der Waals surface area contributed by atoms with Crippen molar-refractivity contribution in [1.82, 2.24) is 0 Å².